The van der Waals surface area contributed by atoms with E-state index in [2.05, 4.69) is 17.2 Å². The van der Waals surface area contributed by atoms with Gasteiger partial charge in [0.25, 0.3) is 5.91 Å². The molecule has 0 atom stereocenters. The fourth-order valence-electron chi connectivity index (χ4n) is 2.13. The van der Waals surface area contributed by atoms with Crippen molar-refractivity contribution in [1.82, 2.24) is 5.32 Å². The second-order valence-electron chi connectivity index (χ2n) is 5.03. The van der Waals surface area contributed by atoms with Crippen molar-refractivity contribution in [2.24, 2.45) is 4.99 Å². The summed E-state index contributed by atoms with van der Waals surface area (Å²) in [5.41, 5.74) is 2.41. The molecule has 1 amide bonds. The molecule has 2 aromatic rings. The molecule has 0 spiro atoms. The number of hydrogen-bond donors (Lipinski definition) is 1. The number of amidine groups is 1. The van der Waals surface area contributed by atoms with Gasteiger partial charge in [0.1, 0.15) is 11.5 Å². The number of carbonyl (C=O) groups is 1. The van der Waals surface area contributed by atoms with Gasteiger partial charge in [0.15, 0.2) is 5.17 Å². The summed E-state index contributed by atoms with van der Waals surface area (Å²) in [7, 11) is 0. The zero-order valence-electron chi connectivity index (χ0n) is 12.5. The number of nitrogens with one attached hydrogen (secondary N) is 1. The number of thioether (sulfide) groups is 1. The van der Waals surface area contributed by atoms with E-state index in [1.54, 1.807) is 18.2 Å². The van der Waals surface area contributed by atoms with E-state index in [1.165, 1.54) is 23.4 Å². The molecule has 1 aliphatic rings. The molecule has 23 heavy (non-hydrogen) atoms. The molecule has 0 radical (unpaired) electrons. The van der Waals surface area contributed by atoms with Gasteiger partial charge >= 0.3 is 0 Å². The molecule has 0 aliphatic carbocycles. The largest absolute Gasteiger partial charge is 0.300 e. The van der Waals surface area contributed by atoms with E-state index in [4.69, 9.17) is 0 Å². The monoisotopic (exact) mass is 326 g/mol. The normalized spacial score (nSPS) is 17.7. The van der Waals surface area contributed by atoms with Crippen LogP contribution in [0.15, 0.2) is 58.4 Å². The minimum Gasteiger partial charge on any atom is -0.300 e. The molecule has 0 saturated carbocycles. The van der Waals surface area contributed by atoms with Gasteiger partial charge in [0.2, 0.25) is 0 Å². The average Bonchev–Trinajstić information content (AvgIpc) is 2.90. The molecule has 1 aliphatic heterocycles. The Morgan fingerprint density at radius 3 is 2.61 bits per heavy atom. The van der Waals surface area contributed by atoms with Crippen LogP contribution in [0.25, 0.3) is 6.08 Å². The number of amides is 1. The first kappa shape index (κ1) is 15.5. The highest BCUT2D eigenvalue weighted by Crippen LogP contribution is 2.28. The van der Waals surface area contributed by atoms with Crippen LogP contribution in [0.4, 0.5) is 10.1 Å². The molecule has 0 aromatic heterocycles. The van der Waals surface area contributed by atoms with Gasteiger partial charge in [-0.2, -0.15) is 0 Å². The van der Waals surface area contributed by atoms with Crippen molar-refractivity contribution < 1.29 is 9.18 Å². The quantitative estimate of drug-likeness (QED) is 0.855. The van der Waals surface area contributed by atoms with E-state index in [0.717, 1.165) is 12.0 Å². The zero-order chi connectivity index (χ0) is 16.2. The third kappa shape index (κ3) is 3.68. The molecule has 116 valence electrons. The summed E-state index contributed by atoms with van der Waals surface area (Å²) in [5.74, 6) is -0.632. The standard InChI is InChI=1S/C18H15FN2OS/c1-2-12-7-9-13(10-8-12)11-16-17(22)21-18(23-16)20-15-6-4-3-5-14(15)19/h3-11H,2H2,1H3,(H,20,21,22)/b16-11-. The first-order valence-electron chi connectivity index (χ1n) is 7.29. The molecular formula is C18H15FN2OS. The molecule has 1 fully saturated rings. The second kappa shape index (κ2) is 6.79. The summed E-state index contributed by atoms with van der Waals surface area (Å²) in [6.07, 6.45) is 2.79. The Balaban J connectivity index is 1.82. The van der Waals surface area contributed by atoms with Crippen LogP contribution in [0.1, 0.15) is 18.1 Å². The van der Waals surface area contributed by atoms with Gasteiger partial charge in [-0.05, 0) is 47.5 Å². The van der Waals surface area contributed by atoms with Crippen molar-refractivity contribution in [3.63, 3.8) is 0 Å². The fraction of sp³-hybridized carbons (Fsp3) is 0.111. The number of rotatable bonds is 3. The fourth-order valence-corrected chi connectivity index (χ4v) is 2.97. The molecule has 3 rings (SSSR count). The Morgan fingerprint density at radius 2 is 1.91 bits per heavy atom. The summed E-state index contributed by atoms with van der Waals surface area (Å²) in [6.45, 7) is 2.10. The summed E-state index contributed by atoms with van der Waals surface area (Å²) in [5, 5.41) is 3.05. The second-order valence-corrected chi connectivity index (χ2v) is 6.06. The third-order valence-corrected chi connectivity index (χ3v) is 4.32. The van der Waals surface area contributed by atoms with Crippen LogP contribution in [0.2, 0.25) is 0 Å². The van der Waals surface area contributed by atoms with Gasteiger partial charge < -0.3 is 5.32 Å². The third-order valence-electron chi connectivity index (χ3n) is 3.41. The Kier molecular flexibility index (Phi) is 4.57. The number of para-hydroxylation sites is 1. The number of aryl methyl sites for hydroxylation is 1. The first-order valence-corrected chi connectivity index (χ1v) is 8.10. The van der Waals surface area contributed by atoms with Crippen molar-refractivity contribution in [2.75, 3.05) is 0 Å². The van der Waals surface area contributed by atoms with Crippen molar-refractivity contribution in [1.29, 1.82) is 0 Å². The predicted octanol–water partition coefficient (Wildman–Crippen LogP) is 4.28. The number of carbonyl (C=O) groups excluding carboxylic acids is 1. The summed E-state index contributed by atoms with van der Waals surface area (Å²) >= 11 is 1.21. The van der Waals surface area contributed by atoms with E-state index >= 15 is 0 Å². The van der Waals surface area contributed by atoms with Crippen LogP contribution in [0.5, 0.6) is 0 Å². The molecule has 1 N–H and O–H groups in total. The van der Waals surface area contributed by atoms with E-state index in [1.807, 2.05) is 30.3 Å². The Hall–Kier alpha value is -2.40. The average molecular weight is 326 g/mol. The van der Waals surface area contributed by atoms with E-state index in [0.29, 0.717) is 10.1 Å². The van der Waals surface area contributed by atoms with E-state index in [9.17, 15) is 9.18 Å². The number of aliphatic imine (C=N–C) groups is 1. The van der Waals surface area contributed by atoms with Crippen molar-refractivity contribution in [2.45, 2.75) is 13.3 Å². The number of halogens is 1. The Morgan fingerprint density at radius 1 is 1.17 bits per heavy atom. The van der Waals surface area contributed by atoms with Crippen LogP contribution in [0, 0.1) is 5.82 Å². The maximum Gasteiger partial charge on any atom is 0.264 e. The van der Waals surface area contributed by atoms with Crippen molar-refractivity contribution >= 4 is 34.6 Å². The Labute approximate surface area is 138 Å². The Bertz CT molecular complexity index is 797. The van der Waals surface area contributed by atoms with Gasteiger partial charge in [0.05, 0.1) is 4.91 Å². The van der Waals surface area contributed by atoms with Crippen molar-refractivity contribution in [3.05, 3.63) is 70.4 Å². The molecule has 0 unspecified atom stereocenters. The summed E-state index contributed by atoms with van der Waals surface area (Å²) < 4.78 is 13.6. The maximum atomic E-state index is 13.6. The molecule has 0 bridgehead atoms. The molecule has 1 saturated heterocycles. The number of nitrogens with zero attached hydrogens (tertiary/aromatic N) is 1. The summed E-state index contributed by atoms with van der Waals surface area (Å²) in [6, 6.07) is 14.3. The number of benzene rings is 2. The maximum absolute atomic E-state index is 13.6. The molecule has 5 heteroatoms. The number of hydrogen-bond acceptors (Lipinski definition) is 3. The first-order chi connectivity index (χ1) is 11.2. The van der Waals surface area contributed by atoms with Crippen LogP contribution >= 0.6 is 11.8 Å². The van der Waals surface area contributed by atoms with Crippen LogP contribution < -0.4 is 5.32 Å². The van der Waals surface area contributed by atoms with E-state index < -0.39 is 5.82 Å². The molecule has 2 aromatic carbocycles. The van der Waals surface area contributed by atoms with Crippen molar-refractivity contribution in [3.8, 4) is 0 Å². The highest BCUT2D eigenvalue weighted by molar-refractivity contribution is 8.18. The van der Waals surface area contributed by atoms with Gasteiger partial charge in [-0.3, -0.25) is 4.79 Å². The summed E-state index contributed by atoms with van der Waals surface area (Å²) in [4.78, 5) is 16.7. The topological polar surface area (TPSA) is 41.5 Å². The van der Waals surface area contributed by atoms with Crippen LogP contribution in [-0.4, -0.2) is 11.1 Å². The molecule has 3 nitrogen and oxygen atoms in total. The van der Waals surface area contributed by atoms with Gasteiger partial charge in [-0.25, -0.2) is 9.38 Å². The zero-order valence-corrected chi connectivity index (χ0v) is 13.4. The van der Waals surface area contributed by atoms with Crippen LogP contribution in [0.3, 0.4) is 0 Å². The lowest BCUT2D eigenvalue weighted by Gasteiger charge is -1.98. The SMILES string of the molecule is CCc1ccc(/C=C2\SC(=Nc3ccccc3F)NC2=O)cc1. The lowest BCUT2D eigenvalue weighted by Crippen LogP contribution is -2.19. The minimum absolute atomic E-state index is 0.212. The predicted molar refractivity (Wildman–Crippen MR) is 93.0 cm³/mol. The molecular weight excluding hydrogens is 311 g/mol. The highest BCUT2D eigenvalue weighted by Gasteiger charge is 2.24. The van der Waals surface area contributed by atoms with Crippen LogP contribution in [-0.2, 0) is 11.2 Å². The van der Waals surface area contributed by atoms with E-state index in [-0.39, 0.29) is 11.6 Å². The molecule has 1 heterocycles. The lowest BCUT2D eigenvalue weighted by molar-refractivity contribution is -0.115. The van der Waals surface area contributed by atoms with Gasteiger partial charge in [0, 0.05) is 0 Å². The highest BCUT2D eigenvalue weighted by atomic mass is 32.2. The van der Waals surface area contributed by atoms with Gasteiger partial charge in [-0.15, -0.1) is 0 Å². The minimum atomic E-state index is -0.414. The van der Waals surface area contributed by atoms with Gasteiger partial charge in [-0.1, -0.05) is 43.3 Å². The lowest BCUT2D eigenvalue weighted by atomic mass is 10.1. The smallest absolute Gasteiger partial charge is 0.264 e.